The number of rotatable bonds is 3. The van der Waals surface area contributed by atoms with Gasteiger partial charge in [0, 0.05) is 25.5 Å². The summed E-state index contributed by atoms with van der Waals surface area (Å²) in [6.45, 7) is 1.48. The molecule has 1 aliphatic rings. The second kappa shape index (κ2) is 9.78. The van der Waals surface area contributed by atoms with Gasteiger partial charge >= 0.3 is 17.1 Å². The van der Waals surface area contributed by atoms with E-state index in [0.29, 0.717) is 6.42 Å². The molecule has 0 saturated carbocycles. The van der Waals surface area contributed by atoms with Crippen LogP contribution in [-0.2, 0) is 21.9 Å². The molecule has 1 unspecified atom stereocenters. The average Bonchev–Trinajstić information content (AvgIpc) is 3.44. The maximum absolute atomic E-state index is 11.8. The zero-order valence-corrected chi connectivity index (χ0v) is 16.3. The van der Waals surface area contributed by atoms with Gasteiger partial charge < -0.3 is 0 Å². The molecule has 6 nitrogen and oxygen atoms in total. The third kappa shape index (κ3) is 5.03. The Morgan fingerprint density at radius 1 is 1.14 bits per heavy atom. The van der Waals surface area contributed by atoms with Crippen LogP contribution >= 0.6 is 0 Å². The zero-order chi connectivity index (χ0) is 19.2. The molecule has 1 amide bonds. The Morgan fingerprint density at radius 3 is 2.29 bits per heavy atom. The first-order valence-corrected chi connectivity index (χ1v) is 8.56. The van der Waals surface area contributed by atoms with Crippen molar-refractivity contribution in [1.82, 2.24) is 5.01 Å². The first-order chi connectivity index (χ1) is 13.1. The van der Waals surface area contributed by atoms with Crippen LogP contribution in [0.25, 0.3) is 0 Å². The minimum Gasteiger partial charge on any atom is -0.273 e. The van der Waals surface area contributed by atoms with Gasteiger partial charge in [-0.15, -0.1) is 5.56 Å². The summed E-state index contributed by atoms with van der Waals surface area (Å²) in [5, 5.41) is 16.6. The Bertz CT molecular complexity index is 899. The number of benzene rings is 1. The van der Waals surface area contributed by atoms with Crippen molar-refractivity contribution in [3.05, 3.63) is 100 Å². The number of nitro groups is 1. The van der Waals surface area contributed by atoms with Crippen molar-refractivity contribution in [2.45, 2.75) is 19.4 Å². The largest absolute Gasteiger partial charge is 2.00 e. The number of carbonyl (C=O) groups excluding carboxylic acids is 1. The predicted molar refractivity (Wildman–Crippen MR) is 104 cm³/mol. The van der Waals surface area contributed by atoms with Gasteiger partial charge in [0.15, 0.2) is 0 Å². The van der Waals surface area contributed by atoms with E-state index in [2.05, 4.69) is 5.10 Å². The molecule has 0 radical (unpaired) electrons. The number of non-ortho nitro benzene ring substituents is 1. The van der Waals surface area contributed by atoms with E-state index in [9.17, 15) is 14.9 Å². The predicted octanol–water partition coefficient (Wildman–Crippen LogP) is 4.41. The molecule has 1 atom stereocenters. The third-order valence-corrected chi connectivity index (χ3v) is 4.27. The van der Waals surface area contributed by atoms with Crippen LogP contribution in [0.15, 0.2) is 84.0 Å². The SMILES string of the molecule is CC(=O)N1N=C(c2ccc([N+](=O)[O-])cc2)CC1c1ccc[cH-]1.[Fe+2].c1cc[cH-]c1. The van der Waals surface area contributed by atoms with Crippen LogP contribution in [0.5, 0.6) is 0 Å². The summed E-state index contributed by atoms with van der Waals surface area (Å²) in [4.78, 5) is 22.1. The number of amides is 1. The van der Waals surface area contributed by atoms with Gasteiger partial charge in [-0.25, -0.2) is 29.3 Å². The molecule has 4 rings (SSSR count). The minimum absolute atomic E-state index is 0. The summed E-state index contributed by atoms with van der Waals surface area (Å²) < 4.78 is 0. The van der Waals surface area contributed by atoms with Gasteiger partial charge in [-0.1, -0.05) is 0 Å². The van der Waals surface area contributed by atoms with Gasteiger partial charge in [-0.05, 0) is 17.7 Å². The molecule has 3 aromatic rings. The topological polar surface area (TPSA) is 75.8 Å². The molecule has 1 aliphatic heterocycles. The molecule has 0 bridgehead atoms. The number of hydrazone groups is 1. The van der Waals surface area contributed by atoms with Gasteiger partial charge in [0.05, 0.1) is 16.7 Å². The molecular weight excluding hydrogens is 398 g/mol. The van der Waals surface area contributed by atoms with Crippen molar-refractivity contribution in [1.29, 1.82) is 0 Å². The number of nitrogens with zero attached hydrogens (tertiary/aromatic N) is 3. The van der Waals surface area contributed by atoms with Crippen LogP contribution in [0.3, 0.4) is 0 Å². The van der Waals surface area contributed by atoms with Gasteiger partial charge in [0.25, 0.3) is 5.69 Å². The molecular formula is C21H19FeN3O3. The first kappa shape index (κ1) is 21.3. The molecule has 1 heterocycles. The van der Waals surface area contributed by atoms with Crippen molar-refractivity contribution in [2.75, 3.05) is 0 Å². The fraction of sp³-hybridized carbons (Fsp3) is 0.143. The van der Waals surface area contributed by atoms with E-state index in [4.69, 9.17) is 0 Å². The normalized spacial score (nSPS) is 15.1. The molecule has 0 aliphatic carbocycles. The molecule has 0 fully saturated rings. The Balaban J connectivity index is 0.000000408. The van der Waals surface area contributed by atoms with Gasteiger partial charge in [-0.3, -0.25) is 14.9 Å². The summed E-state index contributed by atoms with van der Waals surface area (Å²) in [6, 6.07) is 23.9. The average molecular weight is 417 g/mol. The maximum atomic E-state index is 11.8. The summed E-state index contributed by atoms with van der Waals surface area (Å²) in [6.07, 6.45) is 0.599. The molecule has 0 saturated heterocycles. The second-order valence-electron chi connectivity index (χ2n) is 6.11. The van der Waals surface area contributed by atoms with Gasteiger partial charge in [0.2, 0.25) is 5.91 Å². The third-order valence-electron chi connectivity index (χ3n) is 4.27. The van der Waals surface area contributed by atoms with E-state index >= 15 is 0 Å². The van der Waals surface area contributed by atoms with Crippen molar-refractivity contribution in [2.24, 2.45) is 5.10 Å². The molecule has 144 valence electrons. The van der Waals surface area contributed by atoms with E-state index in [-0.39, 0.29) is 34.7 Å². The fourth-order valence-corrected chi connectivity index (χ4v) is 2.94. The van der Waals surface area contributed by atoms with Crippen molar-refractivity contribution < 1.29 is 26.8 Å². The first-order valence-electron chi connectivity index (χ1n) is 8.56. The van der Waals surface area contributed by atoms with Crippen molar-refractivity contribution in [3.63, 3.8) is 0 Å². The van der Waals surface area contributed by atoms with Crippen LogP contribution in [0.1, 0.15) is 30.5 Å². The van der Waals surface area contributed by atoms with Crippen molar-refractivity contribution >= 4 is 17.3 Å². The number of hydrogen-bond donors (Lipinski definition) is 0. The van der Waals surface area contributed by atoms with Crippen LogP contribution < -0.4 is 0 Å². The van der Waals surface area contributed by atoms with E-state index in [1.807, 2.05) is 54.6 Å². The van der Waals surface area contributed by atoms with E-state index in [1.165, 1.54) is 24.1 Å². The smallest absolute Gasteiger partial charge is 0.273 e. The van der Waals surface area contributed by atoms with E-state index < -0.39 is 4.92 Å². The minimum atomic E-state index is -0.436. The summed E-state index contributed by atoms with van der Waals surface area (Å²) in [7, 11) is 0. The molecule has 3 aromatic carbocycles. The van der Waals surface area contributed by atoms with E-state index in [1.54, 1.807) is 12.1 Å². The maximum Gasteiger partial charge on any atom is 2.00 e. The summed E-state index contributed by atoms with van der Waals surface area (Å²) in [5.41, 5.74) is 2.64. The standard InChI is InChI=1S/C16H14N3O3.C5H5.Fe/c1-11(20)18-16(13-4-2-3-5-13)10-15(17-18)12-6-8-14(9-7-12)19(21)22;1-2-4-5-3-1;/h2-9,16H,10H2,1H3;1-5H;/q2*-1;+2. The Hall–Kier alpha value is -3.02. The Labute approximate surface area is 173 Å². The summed E-state index contributed by atoms with van der Waals surface area (Å²) >= 11 is 0. The van der Waals surface area contributed by atoms with Crippen LogP contribution in [-0.4, -0.2) is 21.6 Å². The number of nitro benzene ring substituents is 1. The molecule has 0 aromatic heterocycles. The molecule has 0 N–H and O–H groups in total. The van der Waals surface area contributed by atoms with Crippen LogP contribution in [0, 0.1) is 10.1 Å². The number of carbonyl (C=O) groups is 1. The zero-order valence-electron chi connectivity index (χ0n) is 15.2. The van der Waals surface area contributed by atoms with Crippen molar-refractivity contribution in [3.8, 4) is 0 Å². The van der Waals surface area contributed by atoms with Gasteiger partial charge in [-0.2, -0.15) is 35.4 Å². The molecule has 28 heavy (non-hydrogen) atoms. The number of hydrogen-bond acceptors (Lipinski definition) is 4. The Kier molecular flexibility index (Phi) is 7.43. The fourth-order valence-electron chi connectivity index (χ4n) is 2.94. The molecule has 7 heteroatoms. The second-order valence-corrected chi connectivity index (χ2v) is 6.11. The summed E-state index contributed by atoms with van der Waals surface area (Å²) in [5.74, 6) is -0.122. The van der Waals surface area contributed by atoms with Crippen LogP contribution in [0.4, 0.5) is 5.69 Å². The van der Waals surface area contributed by atoms with Gasteiger partial charge in [0.1, 0.15) is 0 Å². The monoisotopic (exact) mass is 417 g/mol. The quantitative estimate of drug-likeness (QED) is 0.274. The Morgan fingerprint density at radius 2 is 1.82 bits per heavy atom. The molecule has 0 spiro atoms. The van der Waals surface area contributed by atoms with E-state index in [0.717, 1.165) is 16.8 Å². The van der Waals surface area contributed by atoms with Crippen LogP contribution in [0.2, 0.25) is 0 Å².